The van der Waals surface area contributed by atoms with Crippen molar-refractivity contribution >= 4 is 0 Å². The SMILES string of the molecule is CC1C#CC1.N. The van der Waals surface area contributed by atoms with Crippen LogP contribution in [0.2, 0.25) is 0 Å². The Morgan fingerprint density at radius 3 is 2.00 bits per heavy atom. The van der Waals surface area contributed by atoms with Gasteiger partial charge in [-0.15, -0.1) is 5.92 Å². The average Bonchev–Trinajstić information content (AvgIpc) is 1.30. The van der Waals surface area contributed by atoms with E-state index in [9.17, 15) is 0 Å². The normalized spacial score (nSPS) is 25.2. The first-order chi connectivity index (χ1) is 2.39. The first-order valence-corrected chi connectivity index (χ1v) is 1.88. The molecule has 3 N–H and O–H groups in total. The average molecular weight is 83.1 g/mol. The molecule has 0 aromatic rings. The first kappa shape index (κ1) is 5.52. The zero-order chi connectivity index (χ0) is 3.70. The molecule has 1 aliphatic carbocycles. The highest BCUT2D eigenvalue weighted by Crippen LogP contribution is 2.04. The van der Waals surface area contributed by atoms with Gasteiger partial charge in [0.15, 0.2) is 0 Å². The van der Waals surface area contributed by atoms with Crippen molar-refractivity contribution in [2.24, 2.45) is 5.92 Å². The molecule has 0 aromatic carbocycles. The van der Waals surface area contributed by atoms with Gasteiger partial charge in [-0.05, 0) is 0 Å². The van der Waals surface area contributed by atoms with Gasteiger partial charge >= 0.3 is 0 Å². The molecule has 1 unspecified atom stereocenters. The minimum atomic E-state index is 0. The molecule has 1 aliphatic rings. The monoisotopic (exact) mass is 83.1 g/mol. The number of hydrogen-bond donors (Lipinski definition) is 1. The lowest BCUT2D eigenvalue weighted by molar-refractivity contribution is 0.747. The summed E-state index contributed by atoms with van der Waals surface area (Å²) in [6.45, 7) is 2.14. The Balaban J connectivity index is 0.000000250. The van der Waals surface area contributed by atoms with Gasteiger partial charge < -0.3 is 6.15 Å². The molecule has 1 heteroatoms. The van der Waals surface area contributed by atoms with E-state index in [-0.39, 0.29) is 6.15 Å². The standard InChI is InChI=1S/C5H6.H3N/c1-5-3-2-4-5;/h5H,3H2,1H3;1H3. The Bertz CT molecular complexity index is 85.8. The molecule has 0 aromatic heterocycles. The van der Waals surface area contributed by atoms with Crippen LogP contribution in [0, 0.1) is 17.8 Å². The molecule has 6 heavy (non-hydrogen) atoms. The zero-order valence-corrected chi connectivity index (χ0v) is 3.99. The van der Waals surface area contributed by atoms with Crippen molar-refractivity contribution in [3.63, 3.8) is 0 Å². The van der Waals surface area contributed by atoms with Crippen LogP contribution in [0.5, 0.6) is 0 Å². The molecule has 0 saturated heterocycles. The van der Waals surface area contributed by atoms with E-state index >= 15 is 0 Å². The fourth-order valence-corrected chi connectivity index (χ4v) is 0.306. The lowest BCUT2D eigenvalue weighted by Crippen LogP contribution is -1.94. The largest absolute Gasteiger partial charge is 0.344 e. The maximum atomic E-state index is 2.96. The zero-order valence-electron chi connectivity index (χ0n) is 3.99. The third kappa shape index (κ3) is 0.734. The van der Waals surface area contributed by atoms with E-state index in [1.54, 1.807) is 0 Å². The second kappa shape index (κ2) is 1.84. The summed E-state index contributed by atoms with van der Waals surface area (Å²) >= 11 is 0. The van der Waals surface area contributed by atoms with Gasteiger partial charge in [0, 0.05) is 12.3 Å². The van der Waals surface area contributed by atoms with Gasteiger partial charge in [0.25, 0.3) is 0 Å². The fraction of sp³-hybridized carbons (Fsp3) is 0.600. The topological polar surface area (TPSA) is 35.0 Å². The molecule has 34 valence electrons. The van der Waals surface area contributed by atoms with Crippen molar-refractivity contribution in [2.75, 3.05) is 0 Å². The van der Waals surface area contributed by atoms with Crippen LogP contribution >= 0.6 is 0 Å². The molecule has 0 bridgehead atoms. The highest BCUT2D eigenvalue weighted by molar-refractivity contribution is 5.14. The Hall–Kier alpha value is -0.480. The molecule has 0 amide bonds. The Morgan fingerprint density at radius 1 is 1.67 bits per heavy atom. The van der Waals surface area contributed by atoms with Crippen molar-refractivity contribution in [1.29, 1.82) is 0 Å². The molecule has 1 atom stereocenters. The van der Waals surface area contributed by atoms with E-state index in [0.717, 1.165) is 6.42 Å². The molecule has 1 nitrogen and oxygen atoms in total. The fourth-order valence-electron chi connectivity index (χ4n) is 0.306. The smallest absolute Gasteiger partial charge is 0.0284 e. The molecule has 0 aliphatic heterocycles. The Morgan fingerprint density at radius 2 is 2.00 bits per heavy atom. The predicted octanol–water partition coefficient (Wildman–Crippen LogP) is 1.19. The second-order valence-corrected chi connectivity index (χ2v) is 1.43. The van der Waals surface area contributed by atoms with E-state index in [4.69, 9.17) is 0 Å². The van der Waals surface area contributed by atoms with Crippen molar-refractivity contribution in [2.45, 2.75) is 13.3 Å². The van der Waals surface area contributed by atoms with Crippen LogP contribution in [0.3, 0.4) is 0 Å². The maximum absolute atomic E-state index is 2.96. The van der Waals surface area contributed by atoms with Gasteiger partial charge in [0.2, 0.25) is 0 Å². The summed E-state index contributed by atoms with van der Waals surface area (Å²) in [5.41, 5.74) is 0. The molecule has 1 rings (SSSR count). The summed E-state index contributed by atoms with van der Waals surface area (Å²) in [4.78, 5) is 0. The van der Waals surface area contributed by atoms with Crippen molar-refractivity contribution in [1.82, 2.24) is 6.15 Å². The second-order valence-electron chi connectivity index (χ2n) is 1.43. The highest BCUT2D eigenvalue weighted by Gasteiger charge is 1.97. The van der Waals surface area contributed by atoms with Crippen LogP contribution in [0.1, 0.15) is 13.3 Å². The lowest BCUT2D eigenvalue weighted by atomic mass is 10.0. The van der Waals surface area contributed by atoms with E-state index in [1.165, 1.54) is 0 Å². The summed E-state index contributed by atoms with van der Waals surface area (Å²) < 4.78 is 0. The molecular formula is C5H9N. The van der Waals surface area contributed by atoms with Crippen LogP contribution < -0.4 is 6.15 Å². The van der Waals surface area contributed by atoms with Crippen molar-refractivity contribution in [3.8, 4) is 11.8 Å². The third-order valence-corrected chi connectivity index (χ3v) is 0.757. The molecule has 0 fully saturated rings. The van der Waals surface area contributed by atoms with Crippen molar-refractivity contribution in [3.05, 3.63) is 0 Å². The molecular weight excluding hydrogens is 74.1 g/mol. The van der Waals surface area contributed by atoms with Gasteiger partial charge in [0.05, 0.1) is 0 Å². The summed E-state index contributed by atoms with van der Waals surface area (Å²) in [7, 11) is 0. The van der Waals surface area contributed by atoms with Crippen LogP contribution in [0.25, 0.3) is 0 Å². The number of hydrogen-bond acceptors (Lipinski definition) is 1. The van der Waals surface area contributed by atoms with Gasteiger partial charge in [-0.2, -0.15) is 0 Å². The maximum Gasteiger partial charge on any atom is 0.0284 e. The van der Waals surface area contributed by atoms with Gasteiger partial charge in [0.1, 0.15) is 0 Å². The quantitative estimate of drug-likeness (QED) is 0.439. The minimum Gasteiger partial charge on any atom is -0.344 e. The van der Waals surface area contributed by atoms with E-state index in [2.05, 4.69) is 18.8 Å². The third-order valence-electron chi connectivity index (χ3n) is 0.757. The van der Waals surface area contributed by atoms with Crippen LogP contribution in [-0.2, 0) is 0 Å². The van der Waals surface area contributed by atoms with Gasteiger partial charge in [-0.25, -0.2) is 0 Å². The first-order valence-electron chi connectivity index (χ1n) is 1.88. The van der Waals surface area contributed by atoms with Gasteiger partial charge in [-0.3, -0.25) is 0 Å². The van der Waals surface area contributed by atoms with Gasteiger partial charge in [-0.1, -0.05) is 12.8 Å². The molecule has 0 heterocycles. The Labute approximate surface area is 38.3 Å². The van der Waals surface area contributed by atoms with Crippen LogP contribution in [0.15, 0.2) is 0 Å². The van der Waals surface area contributed by atoms with Crippen LogP contribution in [0.4, 0.5) is 0 Å². The minimum absolute atomic E-state index is 0. The number of rotatable bonds is 0. The van der Waals surface area contributed by atoms with E-state index < -0.39 is 0 Å². The molecule has 0 radical (unpaired) electrons. The lowest BCUT2D eigenvalue weighted by Gasteiger charge is -2.01. The van der Waals surface area contributed by atoms with Crippen molar-refractivity contribution < 1.29 is 0 Å². The Kier molecular flexibility index (Phi) is 1.69. The van der Waals surface area contributed by atoms with E-state index in [0.29, 0.717) is 5.92 Å². The van der Waals surface area contributed by atoms with E-state index in [1.807, 2.05) is 0 Å². The molecule has 0 spiro atoms. The molecule has 0 saturated carbocycles. The summed E-state index contributed by atoms with van der Waals surface area (Å²) in [6.07, 6.45) is 1.12. The summed E-state index contributed by atoms with van der Waals surface area (Å²) in [5.74, 6) is 6.57. The predicted molar refractivity (Wildman–Crippen MR) is 26.6 cm³/mol. The summed E-state index contributed by atoms with van der Waals surface area (Å²) in [5, 5.41) is 0. The summed E-state index contributed by atoms with van der Waals surface area (Å²) in [6, 6.07) is 0. The highest BCUT2D eigenvalue weighted by atomic mass is 14.0. The van der Waals surface area contributed by atoms with Crippen LogP contribution in [-0.4, -0.2) is 0 Å².